The molecule has 428 valence electrons. The summed E-state index contributed by atoms with van der Waals surface area (Å²) in [7, 11) is 0. The zero-order valence-corrected chi connectivity index (χ0v) is 52.6. The van der Waals surface area contributed by atoms with Gasteiger partial charge in [0.15, 0.2) is 0 Å². The smallest absolute Gasteiger partial charge is 0.257 e. The van der Waals surface area contributed by atoms with Crippen molar-refractivity contribution < 1.29 is 4.42 Å². The molecule has 0 amide bonds. The van der Waals surface area contributed by atoms with Gasteiger partial charge in [-0.05, 0) is 260 Å². The highest BCUT2D eigenvalue weighted by Crippen LogP contribution is 2.62. The molecule has 16 rings (SSSR count). The Hall–Kier alpha value is -8.02. The minimum atomic E-state index is -0.121. The SMILES string of the molecule is Cc1cc(-c2ccccc2)cc(C)c1N1c2cc3c(cc2B2c4c(cc(-c5ccc(N(c6ccccc6)c6ccccc6)cc5)cc41)N(c1ccc4c(c1)C(C)(C)CCC4(C)C)c1oc4cc5c(cc4c12)C1(C)CCC5(C)C1)C(C)(C)CCC3(C)C. The fourth-order valence-corrected chi connectivity index (χ4v) is 17.6. The van der Waals surface area contributed by atoms with E-state index in [0.717, 1.165) is 65.5 Å². The summed E-state index contributed by atoms with van der Waals surface area (Å²) in [6.45, 7) is 29.5. The van der Waals surface area contributed by atoms with Crippen molar-refractivity contribution in [3.63, 3.8) is 0 Å². The molecule has 2 atom stereocenters. The summed E-state index contributed by atoms with van der Waals surface area (Å²) in [5.41, 5.74) is 30.9. The van der Waals surface area contributed by atoms with Gasteiger partial charge in [-0.1, -0.05) is 160 Å². The minimum absolute atomic E-state index is 0.00630. The maximum Gasteiger partial charge on any atom is 0.257 e. The Bertz CT molecular complexity index is 4390. The zero-order valence-electron chi connectivity index (χ0n) is 52.6. The first-order chi connectivity index (χ1) is 41.1. The highest BCUT2D eigenvalue weighted by molar-refractivity contribution is 7.01. The molecule has 2 bridgehead atoms. The molecule has 86 heavy (non-hydrogen) atoms. The molecule has 4 aliphatic carbocycles. The third-order valence-electron chi connectivity index (χ3n) is 22.5. The standard InChI is InChI=1S/C81H80BN3O/c1-50-40-54(52-22-16-13-17-23-52)41-51(2)74(50)85-68-47-64-63(78(7,8)36-37-79(64,9)10)46-67(68)82-72-60-45-65-66(81(12)39-38-80(65,11)49-81)48-71(60)86-75(72)84(59-32-33-61-62(44-59)77(5,6)35-34-76(61,3)4)69-42-55(43-70(85)73(69)82)53-28-30-58(31-29-53)83(56-24-18-14-19-25-56)57-26-20-15-21-27-57/h13-33,40-48H,34-39,49H2,1-12H3. The van der Waals surface area contributed by atoms with Crippen molar-refractivity contribution in [1.82, 2.24) is 0 Å². The van der Waals surface area contributed by atoms with Gasteiger partial charge in [0, 0.05) is 50.7 Å². The normalized spacial score (nSPS) is 21.1. The van der Waals surface area contributed by atoms with E-state index < -0.39 is 0 Å². The van der Waals surface area contributed by atoms with Gasteiger partial charge in [-0.3, -0.25) is 4.90 Å². The van der Waals surface area contributed by atoms with Crippen LogP contribution in [0, 0.1) is 13.8 Å². The summed E-state index contributed by atoms with van der Waals surface area (Å²) in [6.07, 6.45) is 8.21. The van der Waals surface area contributed by atoms with Crippen LogP contribution < -0.4 is 31.1 Å². The zero-order chi connectivity index (χ0) is 59.2. The van der Waals surface area contributed by atoms with Crippen molar-refractivity contribution in [3.05, 3.63) is 226 Å². The van der Waals surface area contributed by atoms with Crippen LogP contribution in [0.25, 0.3) is 33.2 Å². The van der Waals surface area contributed by atoms with Crippen molar-refractivity contribution in [2.75, 3.05) is 14.7 Å². The summed E-state index contributed by atoms with van der Waals surface area (Å²) in [6, 6.07) is 69.8. The topological polar surface area (TPSA) is 22.9 Å². The largest absolute Gasteiger partial charge is 0.440 e. The third-order valence-corrected chi connectivity index (χ3v) is 22.5. The van der Waals surface area contributed by atoms with Crippen LogP contribution >= 0.6 is 0 Å². The Kier molecular flexibility index (Phi) is 11.4. The molecule has 0 N–H and O–H groups in total. The van der Waals surface area contributed by atoms with Crippen LogP contribution in [0.1, 0.15) is 159 Å². The fraction of sp³-hybridized carbons (Fsp3) is 0.309. The van der Waals surface area contributed by atoms with E-state index >= 15 is 0 Å². The van der Waals surface area contributed by atoms with Crippen LogP contribution in [-0.2, 0) is 32.5 Å². The van der Waals surface area contributed by atoms with Crippen LogP contribution in [0.15, 0.2) is 186 Å². The quantitative estimate of drug-likeness (QED) is 0.148. The lowest BCUT2D eigenvalue weighted by Gasteiger charge is -2.47. The monoisotopic (exact) mass is 1120 g/mol. The minimum Gasteiger partial charge on any atom is -0.440 e. The summed E-state index contributed by atoms with van der Waals surface area (Å²) in [4.78, 5) is 7.68. The highest BCUT2D eigenvalue weighted by atomic mass is 16.4. The van der Waals surface area contributed by atoms with Crippen LogP contribution in [0.5, 0.6) is 0 Å². The number of fused-ring (bicyclic) bond motifs is 13. The van der Waals surface area contributed by atoms with Gasteiger partial charge < -0.3 is 14.2 Å². The predicted molar refractivity (Wildman–Crippen MR) is 364 cm³/mol. The van der Waals surface area contributed by atoms with E-state index in [1.54, 1.807) is 0 Å². The first kappa shape index (κ1) is 53.5. The van der Waals surface area contributed by atoms with Crippen LogP contribution in [0.4, 0.5) is 51.4 Å². The Labute approximate surface area is 511 Å². The first-order valence-corrected chi connectivity index (χ1v) is 32.0. The molecule has 2 aliphatic heterocycles. The van der Waals surface area contributed by atoms with Crippen molar-refractivity contribution in [3.8, 4) is 22.3 Å². The number of rotatable bonds is 7. The van der Waals surface area contributed by atoms with E-state index in [4.69, 9.17) is 4.42 Å². The molecule has 1 saturated carbocycles. The summed E-state index contributed by atoms with van der Waals surface area (Å²) in [5.74, 6) is 0.952. The number of furan rings is 1. The van der Waals surface area contributed by atoms with E-state index in [9.17, 15) is 0 Å². The lowest BCUT2D eigenvalue weighted by atomic mass is 9.33. The highest BCUT2D eigenvalue weighted by Gasteiger charge is 2.55. The van der Waals surface area contributed by atoms with Crippen LogP contribution in [0.2, 0.25) is 0 Å². The van der Waals surface area contributed by atoms with E-state index in [2.05, 4.69) is 280 Å². The van der Waals surface area contributed by atoms with Crippen molar-refractivity contribution in [2.24, 2.45) is 0 Å². The summed E-state index contributed by atoms with van der Waals surface area (Å²) < 4.78 is 7.84. The molecule has 3 heterocycles. The fourth-order valence-electron chi connectivity index (χ4n) is 17.6. The number of nitrogens with zero attached hydrogens (tertiary/aromatic N) is 3. The molecule has 1 fully saturated rings. The molecule has 0 radical (unpaired) electrons. The summed E-state index contributed by atoms with van der Waals surface area (Å²) >= 11 is 0. The van der Waals surface area contributed by atoms with Gasteiger partial charge >= 0.3 is 0 Å². The average Bonchev–Trinajstić information content (AvgIpc) is 1.26. The second kappa shape index (κ2) is 18.3. The van der Waals surface area contributed by atoms with Gasteiger partial charge in [0.25, 0.3) is 6.71 Å². The maximum absolute atomic E-state index is 7.84. The number of hydrogen-bond donors (Lipinski definition) is 0. The van der Waals surface area contributed by atoms with Gasteiger partial charge in [-0.25, -0.2) is 0 Å². The van der Waals surface area contributed by atoms with E-state index in [0.29, 0.717) is 0 Å². The van der Waals surface area contributed by atoms with Crippen molar-refractivity contribution in [2.45, 2.75) is 161 Å². The van der Waals surface area contributed by atoms with Gasteiger partial charge in [0.05, 0.1) is 5.69 Å². The molecule has 6 aliphatic rings. The first-order valence-electron chi connectivity index (χ1n) is 32.0. The van der Waals surface area contributed by atoms with Gasteiger partial charge in [0.2, 0.25) is 5.88 Å². The van der Waals surface area contributed by atoms with Crippen LogP contribution in [-0.4, -0.2) is 6.71 Å². The Morgan fingerprint density at radius 1 is 0.395 bits per heavy atom. The molecule has 1 aromatic heterocycles. The average molecular weight is 1120 g/mol. The Morgan fingerprint density at radius 3 is 1.48 bits per heavy atom. The van der Waals surface area contributed by atoms with Crippen LogP contribution in [0.3, 0.4) is 0 Å². The van der Waals surface area contributed by atoms with Crippen molar-refractivity contribution >= 4 is 85.5 Å². The number of aryl methyl sites for hydroxylation is 2. The van der Waals surface area contributed by atoms with E-state index in [1.165, 1.54) is 125 Å². The molecule has 0 spiro atoms. The maximum atomic E-state index is 7.84. The molecular weight excluding hydrogens is 1040 g/mol. The Morgan fingerprint density at radius 2 is 0.884 bits per heavy atom. The van der Waals surface area contributed by atoms with Gasteiger partial charge in [0.1, 0.15) is 5.58 Å². The Balaban J connectivity index is 1.02. The number of hydrogen-bond acceptors (Lipinski definition) is 4. The second-order valence-corrected chi connectivity index (χ2v) is 30.1. The van der Waals surface area contributed by atoms with Gasteiger partial charge in [-0.15, -0.1) is 0 Å². The van der Waals surface area contributed by atoms with E-state index in [1.807, 2.05) is 0 Å². The molecule has 9 aromatic carbocycles. The summed E-state index contributed by atoms with van der Waals surface area (Å²) in [5, 5.41) is 1.26. The number of benzene rings is 9. The van der Waals surface area contributed by atoms with Gasteiger partial charge in [-0.2, -0.15) is 0 Å². The molecule has 0 saturated heterocycles. The van der Waals surface area contributed by atoms with E-state index in [-0.39, 0.29) is 39.2 Å². The number of para-hydroxylation sites is 2. The molecule has 2 unspecified atom stereocenters. The van der Waals surface area contributed by atoms with Crippen molar-refractivity contribution in [1.29, 1.82) is 0 Å². The lowest BCUT2D eigenvalue weighted by Crippen LogP contribution is -2.61. The molecule has 4 nitrogen and oxygen atoms in total. The molecular formula is C81H80BN3O. The molecule has 10 aromatic rings. The predicted octanol–water partition coefficient (Wildman–Crippen LogP) is 20.3. The second-order valence-electron chi connectivity index (χ2n) is 30.1. The molecule has 5 heteroatoms. The lowest BCUT2D eigenvalue weighted by molar-refractivity contribution is 0.332. The third kappa shape index (κ3) is 7.80. The number of anilines is 9.